The number of rotatable bonds is 9. The molecule has 2 aromatic rings. The molecule has 168 valence electrons. The Bertz CT molecular complexity index is 870. The predicted octanol–water partition coefficient (Wildman–Crippen LogP) is 3.42. The van der Waals surface area contributed by atoms with E-state index in [4.69, 9.17) is 0 Å². The monoisotopic (exact) mass is 437 g/mol. The van der Waals surface area contributed by atoms with Crippen molar-refractivity contribution in [3.8, 4) is 5.75 Å². The standard InChI is InChI=1S/C21H26F3N5O2/c1-3-25-20(26-12-11-19(30)29-18-6-4-5-15(2)28-18)27-13-16-7-9-17(10-8-16)31-14-21(22,23)24/h4-10H,3,11-14H2,1-2H3,(H2,25,26,27)(H,28,29,30). The van der Waals surface area contributed by atoms with Gasteiger partial charge in [-0.15, -0.1) is 0 Å². The topological polar surface area (TPSA) is 87.6 Å². The molecule has 10 heteroatoms. The highest BCUT2D eigenvalue weighted by Crippen LogP contribution is 2.19. The van der Waals surface area contributed by atoms with Crippen molar-refractivity contribution in [2.45, 2.75) is 33.0 Å². The minimum absolute atomic E-state index is 0.143. The summed E-state index contributed by atoms with van der Waals surface area (Å²) < 4.78 is 41.3. The van der Waals surface area contributed by atoms with Gasteiger partial charge in [0.15, 0.2) is 12.6 Å². The highest BCUT2D eigenvalue weighted by molar-refractivity contribution is 5.90. The summed E-state index contributed by atoms with van der Waals surface area (Å²) in [5, 5.41) is 8.89. The number of amides is 1. The minimum Gasteiger partial charge on any atom is -0.484 e. The van der Waals surface area contributed by atoms with E-state index in [9.17, 15) is 18.0 Å². The number of hydrogen-bond acceptors (Lipinski definition) is 4. The van der Waals surface area contributed by atoms with Crippen LogP contribution in [0.1, 0.15) is 24.6 Å². The normalized spacial score (nSPS) is 11.7. The van der Waals surface area contributed by atoms with Gasteiger partial charge in [0.25, 0.3) is 0 Å². The third-order valence-electron chi connectivity index (χ3n) is 3.89. The van der Waals surface area contributed by atoms with Crippen LogP contribution < -0.4 is 20.7 Å². The van der Waals surface area contributed by atoms with Crippen molar-refractivity contribution in [3.63, 3.8) is 0 Å². The Kier molecular flexibility index (Phi) is 9.11. The number of carbonyl (C=O) groups excluding carboxylic acids is 1. The maximum atomic E-state index is 12.2. The fraction of sp³-hybridized carbons (Fsp3) is 0.381. The van der Waals surface area contributed by atoms with Crippen LogP contribution in [0.15, 0.2) is 47.5 Å². The summed E-state index contributed by atoms with van der Waals surface area (Å²) in [6.45, 7) is 3.75. The molecule has 0 aliphatic heterocycles. The van der Waals surface area contributed by atoms with Crippen LogP contribution in [-0.2, 0) is 11.3 Å². The van der Waals surface area contributed by atoms with Crippen molar-refractivity contribution < 1.29 is 22.7 Å². The van der Waals surface area contributed by atoms with Gasteiger partial charge in [0.1, 0.15) is 11.6 Å². The summed E-state index contributed by atoms with van der Waals surface area (Å²) in [4.78, 5) is 20.7. The zero-order valence-electron chi connectivity index (χ0n) is 17.4. The van der Waals surface area contributed by atoms with Crippen LogP contribution in [0.5, 0.6) is 5.75 Å². The molecule has 0 aliphatic rings. The number of hydrogen-bond donors (Lipinski definition) is 3. The molecule has 0 spiro atoms. The summed E-state index contributed by atoms with van der Waals surface area (Å²) in [6, 6.07) is 11.6. The fourth-order valence-electron chi connectivity index (χ4n) is 2.48. The van der Waals surface area contributed by atoms with E-state index in [2.05, 4.69) is 30.7 Å². The fourth-order valence-corrected chi connectivity index (χ4v) is 2.48. The molecular weight excluding hydrogens is 411 g/mol. The second kappa shape index (κ2) is 11.8. The van der Waals surface area contributed by atoms with Crippen molar-refractivity contribution in [1.29, 1.82) is 0 Å². The Balaban J connectivity index is 1.81. The van der Waals surface area contributed by atoms with E-state index in [1.54, 1.807) is 18.2 Å². The quantitative estimate of drug-likeness (QED) is 0.413. The number of alkyl halides is 3. The molecule has 31 heavy (non-hydrogen) atoms. The summed E-state index contributed by atoms with van der Waals surface area (Å²) in [6.07, 6.45) is -4.14. The van der Waals surface area contributed by atoms with E-state index in [0.29, 0.717) is 31.4 Å². The molecule has 0 saturated carbocycles. The van der Waals surface area contributed by atoms with Crippen molar-refractivity contribution in [3.05, 3.63) is 53.7 Å². The van der Waals surface area contributed by atoms with Crippen molar-refractivity contribution in [2.75, 3.05) is 25.0 Å². The highest BCUT2D eigenvalue weighted by Gasteiger charge is 2.28. The Morgan fingerprint density at radius 1 is 1.13 bits per heavy atom. The van der Waals surface area contributed by atoms with E-state index in [-0.39, 0.29) is 18.1 Å². The number of halogens is 3. The van der Waals surface area contributed by atoms with Gasteiger partial charge in [-0.05, 0) is 43.7 Å². The first-order valence-corrected chi connectivity index (χ1v) is 9.79. The maximum Gasteiger partial charge on any atom is 0.422 e. The lowest BCUT2D eigenvalue weighted by molar-refractivity contribution is -0.153. The number of aromatic nitrogens is 1. The van der Waals surface area contributed by atoms with Crippen LogP contribution in [0.4, 0.5) is 19.0 Å². The highest BCUT2D eigenvalue weighted by atomic mass is 19.4. The molecule has 1 amide bonds. The third kappa shape index (κ3) is 9.83. The number of nitrogens with zero attached hydrogens (tertiary/aromatic N) is 2. The lowest BCUT2D eigenvalue weighted by Gasteiger charge is -2.12. The second-order valence-electron chi connectivity index (χ2n) is 6.63. The molecule has 1 aromatic carbocycles. The van der Waals surface area contributed by atoms with Crippen LogP contribution in [-0.4, -0.2) is 42.7 Å². The number of aliphatic imine (C=N–C) groups is 1. The van der Waals surface area contributed by atoms with Gasteiger partial charge in [0.2, 0.25) is 5.91 Å². The van der Waals surface area contributed by atoms with Gasteiger partial charge in [0, 0.05) is 25.2 Å². The van der Waals surface area contributed by atoms with E-state index in [1.807, 2.05) is 26.0 Å². The number of carbonyl (C=O) groups is 1. The first kappa shape index (κ1) is 24.0. The average Bonchev–Trinajstić information content (AvgIpc) is 2.70. The first-order valence-electron chi connectivity index (χ1n) is 9.79. The van der Waals surface area contributed by atoms with Crippen molar-refractivity contribution in [1.82, 2.24) is 15.6 Å². The molecule has 0 bridgehead atoms. The molecule has 0 saturated heterocycles. The Morgan fingerprint density at radius 2 is 1.87 bits per heavy atom. The third-order valence-corrected chi connectivity index (χ3v) is 3.89. The predicted molar refractivity (Wildman–Crippen MR) is 113 cm³/mol. The number of aryl methyl sites for hydroxylation is 1. The molecule has 3 N–H and O–H groups in total. The van der Waals surface area contributed by atoms with Crippen LogP contribution in [0.2, 0.25) is 0 Å². The van der Waals surface area contributed by atoms with Gasteiger partial charge in [-0.1, -0.05) is 18.2 Å². The zero-order valence-corrected chi connectivity index (χ0v) is 17.4. The van der Waals surface area contributed by atoms with Gasteiger partial charge in [-0.2, -0.15) is 13.2 Å². The van der Waals surface area contributed by atoms with Gasteiger partial charge in [-0.3, -0.25) is 4.79 Å². The largest absolute Gasteiger partial charge is 0.484 e. The maximum absolute atomic E-state index is 12.2. The van der Waals surface area contributed by atoms with Crippen molar-refractivity contribution >= 4 is 17.7 Å². The first-order chi connectivity index (χ1) is 14.7. The lowest BCUT2D eigenvalue weighted by atomic mass is 10.2. The van der Waals surface area contributed by atoms with Crippen LogP contribution in [0.3, 0.4) is 0 Å². The number of pyridine rings is 1. The molecule has 1 aromatic heterocycles. The summed E-state index contributed by atoms with van der Waals surface area (Å²) in [5.74, 6) is 1.01. The Morgan fingerprint density at radius 3 is 2.52 bits per heavy atom. The van der Waals surface area contributed by atoms with Gasteiger partial charge in [-0.25, -0.2) is 9.98 Å². The minimum atomic E-state index is -4.37. The molecule has 2 rings (SSSR count). The SMILES string of the molecule is CCNC(=NCc1ccc(OCC(F)(F)F)cc1)NCCC(=O)Nc1cccc(C)n1. The molecule has 7 nitrogen and oxygen atoms in total. The van der Waals surface area contributed by atoms with E-state index >= 15 is 0 Å². The molecule has 0 fully saturated rings. The number of nitrogens with one attached hydrogen (secondary N) is 3. The second-order valence-corrected chi connectivity index (χ2v) is 6.63. The molecular formula is C21H26F3N5O2. The lowest BCUT2D eigenvalue weighted by Crippen LogP contribution is -2.38. The van der Waals surface area contributed by atoms with Gasteiger partial charge in [0.05, 0.1) is 6.54 Å². The molecule has 1 heterocycles. The number of guanidine groups is 1. The molecule has 0 atom stereocenters. The Labute approximate surface area is 179 Å². The van der Waals surface area contributed by atoms with E-state index < -0.39 is 12.8 Å². The van der Waals surface area contributed by atoms with Crippen molar-refractivity contribution in [2.24, 2.45) is 4.99 Å². The number of anilines is 1. The summed E-state index contributed by atoms with van der Waals surface area (Å²) >= 11 is 0. The average molecular weight is 437 g/mol. The van der Waals surface area contributed by atoms with Crippen LogP contribution in [0, 0.1) is 6.92 Å². The van der Waals surface area contributed by atoms with Gasteiger partial charge < -0.3 is 20.7 Å². The summed E-state index contributed by atoms with van der Waals surface area (Å²) in [5.41, 5.74) is 1.62. The Hall–Kier alpha value is -3.30. The zero-order chi connectivity index (χ0) is 22.7. The van der Waals surface area contributed by atoms with Crippen LogP contribution >= 0.6 is 0 Å². The smallest absolute Gasteiger partial charge is 0.422 e. The summed E-state index contributed by atoms with van der Waals surface area (Å²) in [7, 11) is 0. The molecule has 0 unspecified atom stereocenters. The van der Waals surface area contributed by atoms with Gasteiger partial charge >= 0.3 is 6.18 Å². The number of ether oxygens (including phenoxy) is 1. The van der Waals surface area contributed by atoms with E-state index in [1.165, 1.54) is 12.1 Å². The molecule has 0 aliphatic carbocycles. The van der Waals surface area contributed by atoms with Crippen LogP contribution in [0.25, 0.3) is 0 Å². The number of benzene rings is 1. The molecule has 0 radical (unpaired) electrons. The van der Waals surface area contributed by atoms with E-state index in [0.717, 1.165) is 11.3 Å².